The SMILES string of the molecule is COc1ccc(C(O)c2cnn(-c3ccccc3)c2)cc1. The summed E-state index contributed by atoms with van der Waals surface area (Å²) in [6, 6.07) is 17.2. The lowest BCUT2D eigenvalue weighted by Crippen LogP contribution is -1.98. The summed E-state index contributed by atoms with van der Waals surface area (Å²) in [4.78, 5) is 0. The highest BCUT2D eigenvalue weighted by atomic mass is 16.5. The van der Waals surface area contributed by atoms with Crippen LogP contribution in [-0.2, 0) is 0 Å². The average Bonchev–Trinajstić information content (AvgIpc) is 3.05. The molecule has 2 aromatic carbocycles. The first-order valence-electron chi connectivity index (χ1n) is 6.70. The van der Waals surface area contributed by atoms with E-state index in [-0.39, 0.29) is 0 Å². The van der Waals surface area contributed by atoms with Crippen molar-refractivity contribution in [1.82, 2.24) is 9.78 Å². The Morgan fingerprint density at radius 1 is 1.00 bits per heavy atom. The first-order valence-corrected chi connectivity index (χ1v) is 6.70. The van der Waals surface area contributed by atoms with E-state index in [4.69, 9.17) is 4.74 Å². The van der Waals surface area contributed by atoms with Crippen molar-refractivity contribution < 1.29 is 9.84 Å². The molecule has 3 rings (SSSR count). The lowest BCUT2D eigenvalue weighted by Gasteiger charge is -2.09. The van der Waals surface area contributed by atoms with Gasteiger partial charge in [0.15, 0.2) is 0 Å². The zero-order valence-corrected chi connectivity index (χ0v) is 11.7. The van der Waals surface area contributed by atoms with Crippen LogP contribution in [-0.4, -0.2) is 22.0 Å². The van der Waals surface area contributed by atoms with Gasteiger partial charge >= 0.3 is 0 Å². The Hall–Kier alpha value is -2.59. The summed E-state index contributed by atoms with van der Waals surface area (Å²) in [5, 5.41) is 14.7. The highest BCUT2D eigenvalue weighted by molar-refractivity contribution is 5.35. The van der Waals surface area contributed by atoms with Crippen molar-refractivity contribution in [3.05, 3.63) is 78.1 Å². The van der Waals surface area contributed by atoms with Gasteiger partial charge in [0.05, 0.1) is 19.0 Å². The van der Waals surface area contributed by atoms with Gasteiger partial charge in [-0.3, -0.25) is 0 Å². The first kappa shape index (κ1) is 13.4. The van der Waals surface area contributed by atoms with Crippen LogP contribution in [0.4, 0.5) is 0 Å². The van der Waals surface area contributed by atoms with E-state index in [0.717, 1.165) is 22.6 Å². The number of methoxy groups -OCH3 is 1. The van der Waals surface area contributed by atoms with Crippen LogP contribution in [0.5, 0.6) is 5.75 Å². The molecule has 0 saturated heterocycles. The van der Waals surface area contributed by atoms with E-state index in [1.807, 2.05) is 60.8 Å². The standard InChI is InChI=1S/C17H16N2O2/c1-21-16-9-7-13(8-10-16)17(20)14-11-18-19(12-14)15-5-3-2-4-6-15/h2-12,17,20H,1H3. The first-order chi connectivity index (χ1) is 10.3. The van der Waals surface area contributed by atoms with Crippen LogP contribution < -0.4 is 4.74 Å². The Bertz CT molecular complexity index is 705. The number of aliphatic hydroxyl groups excluding tert-OH is 1. The quantitative estimate of drug-likeness (QED) is 0.799. The van der Waals surface area contributed by atoms with E-state index in [0.29, 0.717) is 0 Å². The highest BCUT2D eigenvalue weighted by Crippen LogP contribution is 2.24. The molecule has 0 aliphatic rings. The Morgan fingerprint density at radius 2 is 1.71 bits per heavy atom. The zero-order valence-electron chi connectivity index (χ0n) is 11.7. The van der Waals surface area contributed by atoms with Gasteiger partial charge < -0.3 is 9.84 Å². The second-order valence-corrected chi connectivity index (χ2v) is 4.73. The second kappa shape index (κ2) is 5.81. The molecule has 4 nitrogen and oxygen atoms in total. The van der Waals surface area contributed by atoms with E-state index in [1.165, 1.54) is 0 Å². The molecule has 1 N–H and O–H groups in total. The molecule has 1 atom stereocenters. The number of para-hydroxylation sites is 1. The topological polar surface area (TPSA) is 47.3 Å². The van der Waals surface area contributed by atoms with Crippen molar-refractivity contribution in [2.45, 2.75) is 6.10 Å². The number of hydrogen-bond donors (Lipinski definition) is 1. The predicted octanol–water partition coefficient (Wildman–Crippen LogP) is 2.96. The second-order valence-electron chi connectivity index (χ2n) is 4.73. The van der Waals surface area contributed by atoms with E-state index in [2.05, 4.69) is 5.10 Å². The molecule has 1 aromatic heterocycles. The van der Waals surface area contributed by atoms with Crippen LogP contribution in [0.2, 0.25) is 0 Å². The fourth-order valence-electron chi connectivity index (χ4n) is 2.18. The van der Waals surface area contributed by atoms with Crippen LogP contribution in [0.25, 0.3) is 5.69 Å². The molecular weight excluding hydrogens is 264 g/mol. The monoisotopic (exact) mass is 280 g/mol. The van der Waals surface area contributed by atoms with Crippen molar-refractivity contribution >= 4 is 0 Å². The van der Waals surface area contributed by atoms with Gasteiger partial charge in [0.2, 0.25) is 0 Å². The van der Waals surface area contributed by atoms with E-state index < -0.39 is 6.10 Å². The molecule has 0 fully saturated rings. The predicted molar refractivity (Wildman–Crippen MR) is 80.6 cm³/mol. The Kier molecular flexibility index (Phi) is 3.71. The number of nitrogens with zero attached hydrogens (tertiary/aromatic N) is 2. The van der Waals surface area contributed by atoms with Crippen molar-refractivity contribution in [3.8, 4) is 11.4 Å². The Balaban J connectivity index is 1.85. The summed E-state index contributed by atoms with van der Waals surface area (Å²) in [6.07, 6.45) is 2.82. The highest BCUT2D eigenvalue weighted by Gasteiger charge is 2.13. The Labute approximate surface area is 123 Å². The van der Waals surface area contributed by atoms with E-state index >= 15 is 0 Å². The number of aliphatic hydroxyl groups is 1. The summed E-state index contributed by atoms with van der Waals surface area (Å²) in [5.74, 6) is 0.769. The molecule has 4 heteroatoms. The lowest BCUT2D eigenvalue weighted by molar-refractivity contribution is 0.220. The van der Waals surface area contributed by atoms with Gasteiger partial charge in [0.1, 0.15) is 11.9 Å². The third-order valence-electron chi connectivity index (χ3n) is 3.37. The molecule has 106 valence electrons. The molecule has 0 aliphatic carbocycles. The molecule has 21 heavy (non-hydrogen) atoms. The van der Waals surface area contributed by atoms with Gasteiger partial charge in [-0.1, -0.05) is 30.3 Å². The number of benzene rings is 2. The largest absolute Gasteiger partial charge is 0.497 e. The smallest absolute Gasteiger partial charge is 0.118 e. The third kappa shape index (κ3) is 2.80. The molecule has 1 heterocycles. The Morgan fingerprint density at radius 3 is 2.38 bits per heavy atom. The fraction of sp³-hybridized carbons (Fsp3) is 0.118. The van der Waals surface area contributed by atoms with Crippen molar-refractivity contribution in [1.29, 1.82) is 0 Å². The summed E-state index contributed by atoms with van der Waals surface area (Å²) < 4.78 is 6.87. The maximum absolute atomic E-state index is 10.4. The molecular formula is C17H16N2O2. The van der Waals surface area contributed by atoms with Gasteiger partial charge in [-0.2, -0.15) is 5.10 Å². The summed E-state index contributed by atoms with van der Waals surface area (Å²) in [6.45, 7) is 0. The molecule has 0 bridgehead atoms. The normalized spacial score (nSPS) is 12.1. The lowest BCUT2D eigenvalue weighted by atomic mass is 10.0. The molecule has 0 radical (unpaired) electrons. The molecule has 0 saturated carbocycles. The average molecular weight is 280 g/mol. The van der Waals surface area contributed by atoms with E-state index in [9.17, 15) is 5.11 Å². The van der Waals surface area contributed by atoms with E-state index in [1.54, 1.807) is 18.0 Å². The third-order valence-corrected chi connectivity index (χ3v) is 3.37. The van der Waals surface area contributed by atoms with Crippen molar-refractivity contribution in [2.75, 3.05) is 7.11 Å². The van der Waals surface area contributed by atoms with Crippen LogP contribution in [0.3, 0.4) is 0 Å². The number of rotatable bonds is 4. The van der Waals surface area contributed by atoms with Gasteiger partial charge in [-0.25, -0.2) is 4.68 Å². The minimum atomic E-state index is -0.701. The van der Waals surface area contributed by atoms with Crippen molar-refractivity contribution in [2.24, 2.45) is 0 Å². The van der Waals surface area contributed by atoms with Gasteiger partial charge in [-0.05, 0) is 29.8 Å². The fourth-order valence-corrected chi connectivity index (χ4v) is 2.18. The maximum Gasteiger partial charge on any atom is 0.118 e. The van der Waals surface area contributed by atoms with Crippen molar-refractivity contribution in [3.63, 3.8) is 0 Å². The van der Waals surface area contributed by atoms with Crippen LogP contribution in [0, 0.1) is 0 Å². The number of hydrogen-bond acceptors (Lipinski definition) is 3. The van der Waals surface area contributed by atoms with Crippen LogP contribution in [0.1, 0.15) is 17.2 Å². The summed E-state index contributed by atoms with van der Waals surface area (Å²) in [5.41, 5.74) is 2.53. The summed E-state index contributed by atoms with van der Waals surface area (Å²) in [7, 11) is 1.62. The number of ether oxygens (including phenoxy) is 1. The van der Waals surface area contributed by atoms with Gasteiger partial charge in [0.25, 0.3) is 0 Å². The molecule has 0 aliphatic heterocycles. The maximum atomic E-state index is 10.4. The zero-order chi connectivity index (χ0) is 14.7. The van der Waals surface area contributed by atoms with Gasteiger partial charge in [-0.15, -0.1) is 0 Å². The van der Waals surface area contributed by atoms with Crippen LogP contribution in [0.15, 0.2) is 67.0 Å². The van der Waals surface area contributed by atoms with Crippen LogP contribution >= 0.6 is 0 Å². The van der Waals surface area contributed by atoms with Gasteiger partial charge in [0, 0.05) is 11.8 Å². The molecule has 1 unspecified atom stereocenters. The molecule has 0 spiro atoms. The molecule has 0 amide bonds. The summed E-state index contributed by atoms with van der Waals surface area (Å²) >= 11 is 0. The number of aromatic nitrogens is 2. The molecule has 3 aromatic rings. The minimum Gasteiger partial charge on any atom is -0.497 e. The minimum absolute atomic E-state index is 0.701.